The predicted molar refractivity (Wildman–Crippen MR) is 111 cm³/mol. The Morgan fingerprint density at radius 3 is 2.82 bits per heavy atom. The summed E-state index contributed by atoms with van der Waals surface area (Å²) < 4.78 is 7.44. The van der Waals surface area contributed by atoms with E-state index in [1.54, 1.807) is 0 Å². The number of para-hydroxylation sites is 1. The zero-order valence-corrected chi connectivity index (χ0v) is 16.0. The summed E-state index contributed by atoms with van der Waals surface area (Å²) in [5, 5.41) is 9.30. The summed E-state index contributed by atoms with van der Waals surface area (Å²) in [4.78, 5) is 17.2. The fourth-order valence-corrected chi connectivity index (χ4v) is 3.18. The third-order valence-corrected chi connectivity index (χ3v) is 4.48. The Balaban J connectivity index is 1.60. The topological polar surface area (TPSA) is 69.0 Å². The van der Waals surface area contributed by atoms with Gasteiger partial charge in [0.05, 0.1) is 10.9 Å². The summed E-state index contributed by atoms with van der Waals surface area (Å²) in [5.74, 6) is 0.932. The second-order valence-electron chi connectivity index (χ2n) is 6.78. The van der Waals surface area contributed by atoms with Crippen LogP contribution in [0.4, 0.5) is 5.82 Å². The van der Waals surface area contributed by atoms with Gasteiger partial charge in [-0.3, -0.25) is 4.79 Å². The quantitative estimate of drug-likeness (QED) is 0.546. The molecule has 142 valence electrons. The number of anilines is 1. The highest BCUT2D eigenvalue weighted by atomic mass is 16.5. The third kappa shape index (κ3) is 3.67. The number of fused-ring (bicyclic) bond motifs is 2. The highest BCUT2D eigenvalue weighted by molar-refractivity contribution is 6.03. The van der Waals surface area contributed by atoms with Crippen LogP contribution < -0.4 is 10.1 Å². The van der Waals surface area contributed by atoms with Crippen LogP contribution in [0.3, 0.4) is 0 Å². The number of amides is 1. The molecule has 1 N–H and O–H groups in total. The number of hydrogen-bond acceptors (Lipinski definition) is 4. The van der Waals surface area contributed by atoms with Gasteiger partial charge in [0, 0.05) is 11.9 Å². The van der Waals surface area contributed by atoms with Crippen LogP contribution in [0.1, 0.15) is 18.9 Å². The molecule has 2 aromatic heterocycles. The molecule has 0 fully saturated rings. The van der Waals surface area contributed by atoms with Crippen molar-refractivity contribution < 1.29 is 9.53 Å². The molecule has 2 heterocycles. The van der Waals surface area contributed by atoms with Gasteiger partial charge >= 0.3 is 0 Å². The number of nitrogens with zero attached hydrogens (tertiary/aromatic N) is 3. The number of carbonyl (C=O) groups is 1. The molecular formula is C22H22N4O2. The van der Waals surface area contributed by atoms with E-state index in [0.29, 0.717) is 11.6 Å². The molecule has 4 aromatic rings. The van der Waals surface area contributed by atoms with Crippen LogP contribution in [0.2, 0.25) is 0 Å². The van der Waals surface area contributed by atoms with Crippen molar-refractivity contribution in [3.63, 3.8) is 0 Å². The van der Waals surface area contributed by atoms with E-state index in [-0.39, 0.29) is 12.5 Å². The average Bonchev–Trinajstić information content (AvgIpc) is 3.01. The van der Waals surface area contributed by atoms with Gasteiger partial charge in [-0.2, -0.15) is 5.10 Å². The summed E-state index contributed by atoms with van der Waals surface area (Å²) in [5.41, 5.74) is 2.77. The van der Waals surface area contributed by atoms with Gasteiger partial charge < -0.3 is 10.1 Å². The smallest absolute Gasteiger partial charge is 0.263 e. The molecular weight excluding hydrogens is 352 g/mol. The molecule has 0 aliphatic heterocycles. The van der Waals surface area contributed by atoms with E-state index in [9.17, 15) is 4.79 Å². The predicted octanol–water partition coefficient (Wildman–Crippen LogP) is 4.32. The van der Waals surface area contributed by atoms with E-state index in [0.717, 1.165) is 40.5 Å². The Morgan fingerprint density at radius 2 is 2.00 bits per heavy atom. The molecule has 6 heteroatoms. The maximum atomic E-state index is 12.4. The second-order valence-corrected chi connectivity index (χ2v) is 6.78. The van der Waals surface area contributed by atoms with Crippen LogP contribution in [0, 0.1) is 6.92 Å². The standard InChI is InChI=1S/C22H22N4O2/c1-3-11-26-22-18(13-16-8-4-5-10-19(16)23-22)21(25-26)24-20(27)14-28-17-9-6-7-15(2)12-17/h4-10,12-13H,3,11,14H2,1-2H3,(H,24,25,27). The molecule has 0 radical (unpaired) electrons. The summed E-state index contributed by atoms with van der Waals surface area (Å²) in [6, 6.07) is 17.6. The van der Waals surface area contributed by atoms with Crippen LogP contribution in [0.15, 0.2) is 54.6 Å². The Morgan fingerprint density at radius 1 is 1.14 bits per heavy atom. The van der Waals surface area contributed by atoms with Crippen molar-refractivity contribution in [3.05, 3.63) is 60.2 Å². The molecule has 1 amide bonds. The number of hydrogen-bond donors (Lipinski definition) is 1. The number of aryl methyl sites for hydroxylation is 2. The van der Waals surface area contributed by atoms with Crippen molar-refractivity contribution >= 4 is 33.7 Å². The summed E-state index contributed by atoms with van der Waals surface area (Å²) in [6.45, 7) is 4.73. The first-order chi connectivity index (χ1) is 13.6. The highest BCUT2D eigenvalue weighted by Gasteiger charge is 2.15. The third-order valence-electron chi connectivity index (χ3n) is 4.48. The molecule has 0 bridgehead atoms. The van der Waals surface area contributed by atoms with Crippen molar-refractivity contribution in [3.8, 4) is 5.75 Å². The van der Waals surface area contributed by atoms with E-state index in [1.807, 2.05) is 66.2 Å². The van der Waals surface area contributed by atoms with Crippen molar-refractivity contribution in [2.24, 2.45) is 0 Å². The minimum atomic E-state index is -0.252. The van der Waals surface area contributed by atoms with E-state index in [2.05, 4.69) is 17.3 Å². The Hall–Kier alpha value is -3.41. The molecule has 6 nitrogen and oxygen atoms in total. The minimum absolute atomic E-state index is 0.0768. The van der Waals surface area contributed by atoms with Gasteiger partial charge in [-0.15, -0.1) is 0 Å². The van der Waals surface area contributed by atoms with Crippen LogP contribution in [0.25, 0.3) is 21.9 Å². The van der Waals surface area contributed by atoms with E-state index < -0.39 is 0 Å². The zero-order chi connectivity index (χ0) is 19.5. The van der Waals surface area contributed by atoms with Gasteiger partial charge in [0.1, 0.15) is 5.75 Å². The molecule has 28 heavy (non-hydrogen) atoms. The van der Waals surface area contributed by atoms with Crippen LogP contribution in [0.5, 0.6) is 5.75 Å². The molecule has 0 unspecified atom stereocenters. The molecule has 0 aliphatic carbocycles. The maximum Gasteiger partial charge on any atom is 0.263 e. The number of aromatic nitrogens is 3. The van der Waals surface area contributed by atoms with Crippen LogP contribution in [-0.4, -0.2) is 27.3 Å². The Kier molecular flexibility index (Phi) is 4.93. The lowest BCUT2D eigenvalue weighted by molar-refractivity contribution is -0.118. The van der Waals surface area contributed by atoms with Crippen molar-refractivity contribution in [1.29, 1.82) is 0 Å². The number of rotatable bonds is 6. The summed E-state index contributed by atoms with van der Waals surface area (Å²) >= 11 is 0. The van der Waals surface area contributed by atoms with Gasteiger partial charge in [0.25, 0.3) is 5.91 Å². The highest BCUT2D eigenvalue weighted by Crippen LogP contribution is 2.26. The molecule has 0 saturated carbocycles. The van der Waals surface area contributed by atoms with E-state index >= 15 is 0 Å². The van der Waals surface area contributed by atoms with Crippen LogP contribution >= 0.6 is 0 Å². The second kappa shape index (κ2) is 7.68. The molecule has 0 atom stereocenters. The molecule has 0 aliphatic rings. The fraction of sp³-hybridized carbons (Fsp3) is 0.227. The summed E-state index contributed by atoms with van der Waals surface area (Å²) in [6.07, 6.45) is 0.926. The molecule has 2 aromatic carbocycles. The first-order valence-corrected chi connectivity index (χ1v) is 9.39. The zero-order valence-electron chi connectivity index (χ0n) is 16.0. The first kappa shape index (κ1) is 18.0. The maximum absolute atomic E-state index is 12.4. The van der Waals surface area contributed by atoms with Crippen molar-refractivity contribution in [2.75, 3.05) is 11.9 Å². The Bertz CT molecular complexity index is 1150. The van der Waals surface area contributed by atoms with Gasteiger partial charge in [0.15, 0.2) is 18.1 Å². The lowest BCUT2D eigenvalue weighted by Gasteiger charge is -2.07. The number of carbonyl (C=O) groups excluding carboxylic acids is 1. The fourth-order valence-electron chi connectivity index (χ4n) is 3.18. The van der Waals surface area contributed by atoms with E-state index in [4.69, 9.17) is 9.72 Å². The molecule has 0 spiro atoms. The van der Waals surface area contributed by atoms with Gasteiger partial charge in [0.2, 0.25) is 0 Å². The van der Waals surface area contributed by atoms with Crippen LogP contribution in [-0.2, 0) is 11.3 Å². The number of nitrogens with one attached hydrogen (secondary N) is 1. The number of benzene rings is 2. The van der Waals surface area contributed by atoms with Crippen molar-refractivity contribution in [1.82, 2.24) is 14.8 Å². The van der Waals surface area contributed by atoms with Gasteiger partial charge in [-0.05, 0) is 43.2 Å². The van der Waals surface area contributed by atoms with Crippen molar-refractivity contribution in [2.45, 2.75) is 26.8 Å². The lowest BCUT2D eigenvalue weighted by atomic mass is 10.2. The normalized spacial score (nSPS) is 11.1. The monoisotopic (exact) mass is 374 g/mol. The largest absolute Gasteiger partial charge is 0.484 e. The number of ether oxygens (including phenoxy) is 1. The summed E-state index contributed by atoms with van der Waals surface area (Å²) in [7, 11) is 0. The lowest BCUT2D eigenvalue weighted by Crippen LogP contribution is -2.20. The Labute approximate surface area is 163 Å². The van der Waals surface area contributed by atoms with E-state index in [1.165, 1.54) is 0 Å². The average molecular weight is 374 g/mol. The first-order valence-electron chi connectivity index (χ1n) is 9.39. The number of pyridine rings is 1. The van der Waals surface area contributed by atoms with Gasteiger partial charge in [-0.1, -0.05) is 37.3 Å². The molecule has 0 saturated heterocycles. The molecule has 4 rings (SSSR count). The van der Waals surface area contributed by atoms with Gasteiger partial charge in [-0.25, -0.2) is 9.67 Å². The minimum Gasteiger partial charge on any atom is -0.484 e. The SMILES string of the molecule is CCCn1nc(NC(=O)COc2cccc(C)c2)c2cc3ccccc3nc21.